The van der Waals surface area contributed by atoms with E-state index in [0.717, 1.165) is 23.7 Å². The SMILES string of the molecule is Cn1c(N)cc(C2C3CC4CC(C3)CC2C4)cc1=O. The monoisotopic (exact) mass is 258 g/mol. The molecule has 0 aliphatic heterocycles. The third-order valence-corrected chi connectivity index (χ3v) is 5.93. The van der Waals surface area contributed by atoms with Gasteiger partial charge in [0.05, 0.1) is 0 Å². The Hall–Kier alpha value is -1.25. The fraction of sp³-hybridized carbons (Fsp3) is 0.688. The molecule has 4 aliphatic rings. The van der Waals surface area contributed by atoms with Crippen LogP contribution in [0.5, 0.6) is 0 Å². The van der Waals surface area contributed by atoms with Crippen LogP contribution in [0.2, 0.25) is 0 Å². The first-order chi connectivity index (χ1) is 9.11. The van der Waals surface area contributed by atoms with Crippen molar-refractivity contribution in [2.24, 2.45) is 30.7 Å². The van der Waals surface area contributed by atoms with Crippen molar-refractivity contribution in [3.8, 4) is 0 Å². The van der Waals surface area contributed by atoms with Crippen molar-refractivity contribution < 1.29 is 0 Å². The molecule has 2 N–H and O–H groups in total. The number of nitrogen functional groups attached to an aromatic ring is 1. The summed E-state index contributed by atoms with van der Waals surface area (Å²) in [6.07, 6.45) is 7.00. The molecule has 1 heterocycles. The van der Waals surface area contributed by atoms with Crippen molar-refractivity contribution in [2.75, 3.05) is 5.73 Å². The molecule has 19 heavy (non-hydrogen) atoms. The summed E-state index contributed by atoms with van der Waals surface area (Å²) in [5, 5.41) is 0. The zero-order valence-corrected chi connectivity index (χ0v) is 11.5. The highest BCUT2D eigenvalue weighted by Gasteiger charge is 2.48. The molecule has 1 aromatic rings. The zero-order valence-electron chi connectivity index (χ0n) is 11.5. The van der Waals surface area contributed by atoms with E-state index in [2.05, 4.69) is 0 Å². The Balaban J connectivity index is 1.75. The lowest BCUT2D eigenvalue weighted by Gasteiger charge is -2.54. The largest absolute Gasteiger partial charge is 0.385 e. The molecule has 4 bridgehead atoms. The van der Waals surface area contributed by atoms with Gasteiger partial charge in [-0.3, -0.25) is 9.36 Å². The second-order valence-corrected chi connectivity index (χ2v) is 7.07. The first-order valence-electron chi connectivity index (χ1n) is 7.58. The van der Waals surface area contributed by atoms with Gasteiger partial charge in [0.2, 0.25) is 0 Å². The van der Waals surface area contributed by atoms with Gasteiger partial charge >= 0.3 is 0 Å². The minimum atomic E-state index is 0.0452. The molecule has 0 unspecified atom stereocenters. The Morgan fingerprint density at radius 3 is 2.16 bits per heavy atom. The first kappa shape index (κ1) is 11.6. The molecule has 0 atom stereocenters. The molecule has 0 radical (unpaired) electrons. The van der Waals surface area contributed by atoms with Gasteiger partial charge in [0.15, 0.2) is 0 Å². The molecular formula is C16H22N2O. The Morgan fingerprint density at radius 1 is 1.05 bits per heavy atom. The topological polar surface area (TPSA) is 48.0 Å². The number of hydrogen-bond donors (Lipinski definition) is 1. The molecule has 102 valence electrons. The van der Waals surface area contributed by atoms with Crippen molar-refractivity contribution in [2.45, 2.75) is 38.0 Å². The molecule has 1 aromatic heterocycles. The van der Waals surface area contributed by atoms with Crippen LogP contribution in [0, 0.1) is 23.7 Å². The van der Waals surface area contributed by atoms with Crippen LogP contribution in [0.3, 0.4) is 0 Å². The average Bonchev–Trinajstić information content (AvgIpc) is 2.34. The summed E-state index contributed by atoms with van der Waals surface area (Å²) in [4.78, 5) is 12.0. The molecule has 3 nitrogen and oxygen atoms in total. The predicted octanol–water partition coefficient (Wildman–Crippen LogP) is 2.51. The van der Waals surface area contributed by atoms with Crippen LogP contribution in [0.4, 0.5) is 5.82 Å². The van der Waals surface area contributed by atoms with Gasteiger partial charge in [-0.2, -0.15) is 0 Å². The van der Waals surface area contributed by atoms with Gasteiger partial charge in [-0.25, -0.2) is 0 Å². The summed E-state index contributed by atoms with van der Waals surface area (Å²) in [6.45, 7) is 0. The number of aromatic nitrogens is 1. The highest BCUT2D eigenvalue weighted by Crippen LogP contribution is 2.59. The van der Waals surface area contributed by atoms with Crippen molar-refractivity contribution >= 4 is 5.82 Å². The van der Waals surface area contributed by atoms with Gasteiger partial charge in [0.1, 0.15) is 5.82 Å². The van der Waals surface area contributed by atoms with E-state index < -0.39 is 0 Å². The lowest BCUT2D eigenvalue weighted by molar-refractivity contribution is -0.00282. The minimum Gasteiger partial charge on any atom is -0.385 e. The van der Waals surface area contributed by atoms with Crippen LogP contribution in [-0.2, 0) is 7.05 Å². The predicted molar refractivity (Wildman–Crippen MR) is 75.9 cm³/mol. The van der Waals surface area contributed by atoms with E-state index in [0.29, 0.717) is 11.7 Å². The summed E-state index contributed by atoms with van der Waals surface area (Å²) in [5.74, 6) is 4.77. The number of hydrogen-bond acceptors (Lipinski definition) is 2. The van der Waals surface area contributed by atoms with E-state index in [-0.39, 0.29) is 5.56 Å². The maximum Gasteiger partial charge on any atom is 0.252 e. The molecule has 0 amide bonds. The molecule has 3 heteroatoms. The molecule has 5 rings (SSSR count). The second-order valence-electron chi connectivity index (χ2n) is 7.07. The minimum absolute atomic E-state index is 0.0452. The number of nitrogens with two attached hydrogens (primary N) is 1. The smallest absolute Gasteiger partial charge is 0.252 e. The molecule has 0 aromatic carbocycles. The Kier molecular flexibility index (Phi) is 2.36. The number of anilines is 1. The van der Waals surface area contributed by atoms with Crippen LogP contribution in [-0.4, -0.2) is 4.57 Å². The lowest BCUT2D eigenvalue weighted by Crippen LogP contribution is -2.44. The average molecular weight is 258 g/mol. The van der Waals surface area contributed by atoms with Gasteiger partial charge in [-0.05, 0) is 73.3 Å². The van der Waals surface area contributed by atoms with Gasteiger partial charge in [0, 0.05) is 13.1 Å². The van der Waals surface area contributed by atoms with Gasteiger partial charge in [0.25, 0.3) is 5.56 Å². The highest BCUT2D eigenvalue weighted by molar-refractivity contribution is 5.36. The Bertz CT molecular complexity index is 547. The van der Waals surface area contributed by atoms with E-state index in [4.69, 9.17) is 5.73 Å². The van der Waals surface area contributed by atoms with E-state index in [1.54, 1.807) is 11.6 Å². The fourth-order valence-electron chi connectivity index (χ4n) is 5.34. The zero-order chi connectivity index (χ0) is 13.1. The third kappa shape index (κ3) is 1.67. The molecular weight excluding hydrogens is 236 g/mol. The second kappa shape index (κ2) is 3.87. The van der Waals surface area contributed by atoms with Crippen molar-refractivity contribution in [1.29, 1.82) is 0 Å². The van der Waals surface area contributed by atoms with Gasteiger partial charge in [-0.15, -0.1) is 0 Å². The van der Waals surface area contributed by atoms with Crippen LogP contribution >= 0.6 is 0 Å². The van der Waals surface area contributed by atoms with Crippen LogP contribution in [0.15, 0.2) is 16.9 Å². The highest BCUT2D eigenvalue weighted by atomic mass is 16.1. The van der Waals surface area contributed by atoms with Gasteiger partial charge in [-0.1, -0.05) is 0 Å². The Morgan fingerprint density at radius 2 is 1.63 bits per heavy atom. The normalized spacial score (nSPS) is 39.7. The number of rotatable bonds is 1. The molecule has 4 saturated carbocycles. The van der Waals surface area contributed by atoms with Crippen molar-refractivity contribution in [1.82, 2.24) is 4.57 Å². The van der Waals surface area contributed by atoms with Crippen LogP contribution < -0.4 is 11.3 Å². The lowest BCUT2D eigenvalue weighted by atomic mass is 9.51. The van der Waals surface area contributed by atoms with E-state index >= 15 is 0 Å². The van der Waals surface area contributed by atoms with Crippen LogP contribution in [0.1, 0.15) is 43.6 Å². The summed E-state index contributed by atoms with van der Waals surface area (Å²) >= 11 is 0. The first-order valence-corrected chi connectivity index (χ1v) is 7.58. The number of pyridine rings is 1. The standard InChI is InChI=1S/C16H22N2O/c1-18-14(17)7-13(8-15(18)19)16-11-3-9-2-10(5-11)6-12(16)4-9/h7-12,16H,2-6,17H2,1H3. The maximum absolute atomic E-state index is 12.0. The van der Waals surface area contributed by atoms with E-state index in [9.17, 15) is 4.79 Å². The van der Waals surface area contributed by atoms with E-state index in [1.165, 1.54) is 37.7 Å². The van der Waals surface area contributed by atoms with Gasteiger partial charge < -0.3 is 5.73 Å². The van der Waals surface area contributed by atoms with Crippen molar-refractivity contribution in [3.05, 3.63) is 28.0 Å². The molecule has 4 fully saturated rings. The van der Waals surface area contributed by atoms with Crippen molar-refractivity contribution in [3.63, 3.8) is 0 Å². The molecule has 0 spiro atoms. The van der Waals surface area contributed by atoms with E-state index in [1.807, 2.05) is 12.1 Å². The third-order valence-electron chi connectivity index (χ3n) is 5.93. The van der Waals surface area contributed by atoms with Crippen LogP contribution in [0.25, 0.3) is 0 Å². The summed E-state index contributed by atoms with van der Waals surface area (Å²) < 4.78 is 1.54. The Labute approximate surface area is 113 Å². The quantitative estimate of drug-likeness (QED) is 0.841. The summed E-state index contributed by atoms with van der Waals surface area (Å²) in [6, 6.07) is 3.89. The molecule has 4 aliphatic carbocycles. The fourth-order valence-corrected chi connectivity index (χ4v) is 5.34. The number of nitrogens with zero attached hydrogens (tertiary/aromatic N) is 1. The molecule has 0 saturated heterocycles. The summed E-state index contributed by atoms with van der Waals surface area (Å²) in [7, 11) is 1.75. The maximum atomic E-state index is 12.0. The summed E-state index contributed by atoms with van der Waals surface area (Å²) in [5.41, 5.74) is 7.24.